The molecule has 1 spiro atoms. The number of carbonyl (C=O) groups is 1. The molecule has 6 nitrogen and oxygen atoms in total. The Morgan fingerprint density at radius 3 is 2.68 bits per heavy atom. The Labute approximate surface area is 186 Å². The molecule has 2 unspecified atom stereocenters. The first-order chi connectivity index (χ1) is 14.9. The van der Waals surface area contributed by atoms with Crippen LogP contribution in [0.2, 0.25) is 0 Å². The molecule has 31 heavy (non-hydrogen) atoms. The Hall–Kier alpha value is -2.18. The average molecular weight is 425 g/mol. The van der Waals surface area contributed by atoms with Crippen molar-refractivity contribution in [2.45, 2.75) is 63.6 Å². The standard InChI is InChI=1S/C25H36N4O2/c1-19(21-7-5-4-6-8-21)10-14-29-15-12-25(13-16-29)11-9-22(31-25)18-26-24(30)23-17-20(2)27-28(23)3/h4-8,17,19,22H,9-16,18H2,1-3H3,(H,26,30). The van der Waals surface area contributed by atoms with Crippen molar-refractivity contribution in [3.05, 3.63) is 53.3 Å². The lowest BCUT2D eigenvalue weighted by molar-refractivity contribution is -0.0755. The van der Waals surface area contributed by atoms with Gasteiger partial charge < -0.3 is 15.0 Å². The Kier molecular flexibility index (Phi) is 6.77. The van der Waals surface area contributed by atoms with Crippen LogP contribution in [0.1, 0.15) is 66.7 Å². The molecule has 2 aliphatic rings. The second-order valence-corrected chi connectivity index (χ2v) is 9.41. The van der Waals surface area contributed by atoms with E-state index in [0.29, 0.717) is 18.2 Å². The smallest absolute Gasteiger partial charge is 0.269 e. The van der Waals surface area contributed by atoms with Gasteiger partial charge in [-0.05, 0) is 63.1 Å². The first-order valence-electron chi connectivity index (χ1n) is 11.7. The molecule has 2 fully saturated rings. The van der Waals surface area contributed by atoms with E-state index in [0.717, 1.165) is 51.0 Å². The highest BCUT2D eigenvalue weighted by Gasteiger charge is 2.42. The quantitative estimate of drug-likeness (QED) is 0.737. The van der Waals surface area contributed by atoms with E-state index in [-0.39, 0.29) is 17.6 Å². The fourth-order valence-corrected chi connectivity index (χ4v) is 5.04. The minimum absolute atomic E-state index is 0.0139. The fourth-order valence-electron chi connectivity index (χ4n) is 5.04. The number of aryl methyl sites for hydroxylation is 2. The minimum Gasteiger partial charge on any atom is -0.370 e. The molecule has 1 aromatic heterocycles. The fraction of sp³-hybridized carbons (Fsp3) is 0.600. The van der Waals surface area contributed by atoms with Crippen molar-refractivity contribution >= 4 is 5.91 Å². The molecule has 0 aliphatic carbocycles. The van der Waals surface area contributed by atoms with Crippen molar-refractivity contribution in [2.24, 2.45) is 7.05 Å². The van der Waals surface area contributed by atoms with E-state index < -0.39 is 0 Å². The highest BCUT2D eigenvalue weighted by atomic mass is 16.5. The monoisotopic (exact) mass is 424 g/mol. The number of nitrogens with one attached hydrogen (secondary N) is 1. The van der Waals surface area contributed by atoms with E-state index in [1.165, 1.54) is 12.0 Å². The van der Waals surface area contributed by atoms with E-state index in [1.54, 1.807) is 11.7 Å². The summed E-state index contributed by atoms with van der Waals surface area (Å²) in [4.78, 5) is 15.0. The Morgan fingerprint density at radius 2 is 2.00 bits per heavy atom. The molecule has 0 bridgehead atoms. The maximum absolute atomic E-state index is 12.4. The van der Waals surface area contributed by atoms with Crippen LogP contribution in [0.25, 0.3) is 0 Å². The molecular formula is C25H36N4O2. The number of benzene rings is 1. The normalized spacial score (nSPS) is 22.0. The van der Waals surface area contributed by atoms with Gasteiger partial charge >= 0.3 is 0 Å². The Morgan fingerprint density at radius 1 is 1.26 bits per heavy atom. The van der Waals surface area contributed by atoms with Crippen molar-refractivity contribution in [1.29, 1.82) is 0 Å². The van der Waals surface area contributed by atoms with Crippen molar-refractivity contribution < 1.29 is 9.53 Å². The number of hydrogen-bond donors (Lipinski definition) is 1. The van der Waals surface area contributed by atoms with Crippen LogP contribution in [0.3, 0.4) is 0 Å². The summed E-state index contributed by atoms with van der Waals surface area (Å²) in [5, 5.41) is 7.29. The average Bonchev–Trinajstić information content (AvgIpc) is 3.34. The lowest BCUT2D eigenvalue weighted by atomic mass is 9.88. The van der Waals surface area contributed by atoms with Gasteiger partial charge in [0.25, 0.3) is 5.91 Å². The predicted molar refractivity (Wildman–Crippen MR) is 122 cm³/mol. The van der Waals surface area contributed by atoms with Crippen LogP contribution in [0.4, 0.5) is 0 Å². The number of rotatable bonds is 7. The molecule has 1 amide bonds. The Balaban J connectivity index is 1.19. The number of likely N-dealkylation sites (tertiary alicyclic amines) is 1. The van der Waals surface area contributed by atoms with Gasteiger partial charge in [-0.25, -0.2) is 0 Å². The van der Waals surface area contributed by atoms with E-state index >= 15 is 0 Å². The summed E-state index contributed by atoms with van der Waals surface area (Å²) in [5.74, 6) is 0.519. The van der Waals surface area contributed by atoms with Gasteiger partial charge in [-0.15, -0.1) is 0 Å². The van der Waals surface area contributed by atoms with Crippen LogP contribution < -0.4 is 5.32 Å². The van der Waals surface area contributed by atoms with E-state index in [2.05, 4.69) is 52.6 Å². The van der Waals surface area contributed by atoms with Crippen LogP contribution in [0.5, 0.6) is 0 Å². The van der Waals surface area contributed by atoms with Crippen LogP contribution in [0.15, 0.2) is 36.4 Å². The summed E-state index contributed by atoms with van der Waals surface area (Å²) < 4.78 is 8.13. The zero-order valence-corrected chi connectivity index (χ0v) is 19.1. The maximum atomic E-state index is 12.4. The molecule has 0 saturated carbocycles. The molecule has 1 N–H and O–H groups in total. The molecule has 6 heteroatoms. The highest BCUT2D eigenvalue weighted by molar-refractivity contribution is 5.92. The van der Waals surface area contributed by atoms with Crippen molar-refractivity contribution in [3.63, 3.8) is 0 Å². The van der Waals surface area contributed by atoms with Gasteiger partial charge in [0.2, 0.25) is 0 Å². The van der Waals surface area contributed by atoms with Gasteiger partial charge in [0.05, 0.1) is 17.4 Å². The van der Waals surface area contributed by atoms with E-state index in [4.69, 9.17) is 4.74 Å². The highest BCUT2D eigenvalue weighted by Crippen LogP contribution is 2.39. The zero-order valence-electron chi connectivity index (χ0n) is 19.1. The number of nitrogens with zero attached hydrogens (tertiary/aromatic N) is 3. The van der Waals surface area contributed by atoms with Crippen molar-refractivity contribution in [2.75, 3.05) is 26.2 Å². The largest absolute Gasteiger partial charge is 0.370 e. The number of carbonyl (C=O) groups excluding carboxylic acids is 1. The molecule has 168 valence electrons. The minimum atomic E-state index is -0.0741. The third-order valence-corrected chi connectivity index (χ3v) is 7.08. The lowest BCUT2D eigenvalue weighted by Crippen LogP contribution is -2.45. The third-order valence-electron chi connectivity index (χ3n) is 7.08. The molecule has 0 radical (unpaired) electrons. The number of ether oxygens (including phenoxy) is 1. The van der Waals surface area contributed by atoms with Gasteiger partial charge in [0, 0.05) is 26.7 Å². The molecule has 4 rings (SSSR count). The Bertz CT molecular complexity index is 871. The molecule has 2 atom stereocenters. The molecular weight excluding hydrogens is 388 g/mol. The van der Waals surface area contributed by atoms with E-state index in [1.807, 2.05) is 13.0 Å². The van der Waals surface area contributed by atoms with Gasteiger partial charge in [-0.3, -0.25) is 9.48 Å². The van der Waals surface area contributed by atoms with Gasteiger partial charge in [-0.1, -0.05) is 37.3 Å². The molecule has 1 aromatic carbocycles. The summed E-state index contributed by atoms with van der Waals surface area (Å²) in [6.07, 6.45) is 5.63. The number of piperidine rings is 1. The summed E-state index contributed by atoms with van der Waals surface area (Å²) in [5.41, 5.74) is 2.90. The summed E-state index contributed by atoms with van der Waals surface area (Å²) >= 11 is 0. The SMILES string of the molecule is Cc1cc(C(=O)NCC2CCC3(CCN(CCC(C)c4ccccc4)CC3)O2)n(C)n1. The maximum Gasteiger partial charge on any atom is 0.269 e. The van der Waals surface area contributed by atoms with E-state index in [9.17, 15) is 4.79 Å². The molecule has 2 aromatic rings. The topological polar surface area (TPSA) is 59.4 Å². The van der Waals surface area contributed by atoms with Crippen LogP contribution in [0, 0.1) is 6.92 Å². The molecule has 2 saturated heterocycles. The van der Waals surface area contributed by atoms with Gasteiger partial charge in [0.15, 0.2) is 0 Å². The van der Waals surface area contributed by atoms with Crippen LogP contribution >= 0.6 is 0 Å². The number of aromatic nitrogens is 2. The second kappa shape index (κ2) is 9.53. The van der Waals surface area contributed by atoms with Crippen LogP contribution in [-0.2, 0) is 11.8 Å². The third kappa shape index (κ3) is 5.36. The number of hydrogen-bond acceptors (Lipinski definition) is 4. The molecule has 3 heterocycles. The number of amides is 1. The second-order valence-electron chi connectivity index (χ2n) is 9.41. The first-order valence-corrected chi connectivity index (χ1v) is 11.7. The first kappa shape index (κ1) is 22.0. The van der Waals surface area contributed by atoms with Crippen molar-refractivity contribution in [3.8, 4) is 0 Å². The summed E-state index contributed by atoms with van der Waals surface area (Å²) in [6, 6.07) is 12.6. The zero-order chi connectivity index (χ0) is 21.8. The van der Waals surface area contributed by atoms with Crippen LogP contribution in [-0.4, -0.2) is 58.5 Å². The van der Waals surface area contributed by atoms with Gasteiger partial charge in [-0.2, -0.15) is 5.10 Å². The lowest BCUT2D eigenvalue weighted by Gasteiger charge is -2.39. The molecule has 2 aliphatic heterocycles. The summed E-state index contributed by atoms with van der Waals surface area (Å²) in [7, 11) is 1.80. The van der Waals surface area contributed by atoms with Crippen molar-refractivity contribution in [1.82, 2.24) is 20.0 Å². The predicted octanol–water partition coefficient (Wildman–Crippen LogP) is 3.67. The summed E-state index contributed by atoms with van der Waals surface area (Å²) in [6.45, 7) is 8.16. The van der Waals surface area contributed by atoms with Gasteiger partial charge in [0.1, 0.15) is 5.69 Å².